The van der Waals surface area contributed by atoms with Gasteiger partial charge in [0.1, 0.15) is 12.0 Å². The summed E-state index contributed by atoms with van der Waals surface area (Å²) in [6.45, 7) is 1.80. The Morgan fingerprint density at radius 3 is 2.57 bits per heavy atom. The molecule has 0 aliphatic carbocycles. The third kappa shape index (κ3) is 3.22. The standard InChI is InChI=1S/C15H11BrN2O2S/c1-9-17-12(8-20-9)10-2-4-11(5-3-10)18-15(19)13-6-7-14(16)21-13/h2-8H,1H3,(H,18,19). The van der Waals surface area contributed by atoms with Gasteiger partial charge in [-0.15, -0.1) is 11.3 Å². The van der Waals surface area contributed by atoms with E-state index in [1.165, 1.54) is 11.3 Å². The lowest BCUT2D eigenvalue weighted by Gasteiger charge is -2.04. The fourth-order valence-corrected chi connectivity index (χ4v) is 3.13. The lowest BCUT2D eigenvalue weighted by atomic mass is 10.1. The molecule has 3 rings (SSSR count). The van der Waals surface area contributed by atoms with Gasteiger partial charge in [-0.1, -0.05) is 12.1 Å². The Balaban J connectivity index is 1.74. The molecule has 4 nitrogen and oxygen atoms in total. The van der Waals surface area contributed by atoms with E-state index in [-0.39, 0.29) is 5.91 Å². The largest absolute Gasteiger partial charge is 0.449 e. The van der Waals surface area contributed by atoms with E-state index < -0.39 is 0 Å². The second-order valence-corrected chi connectivity index (χ2v) is 6.85. The SMILES string of the molecule is Cc1nc(-c2ccc(NC(=O)c3ccc(Br)s3)cc2)co1. The molecule has 21 heavy (non-hydrogen) atoms. The molecule has 0 saturated carbocycles. The predicted octanol–water partition coefficient (Wildman–Crippen LogP) is 4.73. The first-order valence-corrected chi connectivity index (χ1v) is 7.82. The summed E-state index contributed by atoms with van der Waals surface area (Å²) in [4.78, 5) is 17.0. The van der Waals surface area contributed by atoms with Gasteiger partial charge in [-0.2, -0.15) is 0 Å². The molecule has 0 atom stereocenters. The van der Waals surface area contributed by atoms with E-state index >= 15 is 0 Å². The van der Waals surface area contributed by atoms with Crippen molar-refractivity contribution in [3.8, 4) is 11.3 Å². The first-order chi connectivity index (χ1) is 10.1. The number of anilines is 1. The van der Waals surface area contributed by atoms with E-state index in [1.54, 1.807) is 19.3 Å². The number of nitrogens with zero attached hydrogens (tertiary/aromatic N) is 1. The lowest BCUT2D eigenvalue weighted by Crippen LogP contribution is -2.09. The first kappa shape index (κ1) is 14.0. The summed E-state index contributed by atoms with van der Waals surface area (Å²) >= 11 is 4.75. The zero-order valence-electron chi connectivity index (χ0n) is 11.1. The molecule has 0 aliphatic rings. The normalized spacial score (nSPS) is 10.6. The van der Waals surface area contributed by atoms with E-state index in [4.69, 9.17) is 4.42 Å². The number of aryl methyl sites for hydroxylation is 1. The molecule has 0 saturated heterocycles. The molecule has 0 unspecified atom stereocenters. The molecule has 106 valence electrons. The zero-order chi connectivity index (χ0) is 14.8. The highest BCUT2D eigenvalue weighted by Crippen LogP contribution is 2.24. The maximum absolute atomic E-state index is 12.0. The highest BCUT2D eigenvalue weighted by Gasteiger charge is 2.09. The number of nitrogens with one attached hydrogen (secondary N) is 1. The number of oxazole rings is 1. The maximum atomic E-state index is 12.0. The number of hydrogen-bond donors (Lipinski definition) is 1. The molecular formula is C15H11BrN2O2S. The predicted molar refractivity (Wildman–Crippen MR) is 86.6 cm³/mol. The van der Waals surface area contributed by atoms with Gasteiger partial charge < -0.3 is 9.73 Å². The average molecular weight is 363 g/mol. The summed E-state index contributed by atoms with van der Waals surface area (Å²) in [5.74, 6) is 0.515. The lowest BCUT2D eigenvalue weighted by molar-refractivity contribution is 0.103. The van der Waals surface area contributed by atoms with E-state index in [0.717, 1.165) is 20.7 Å². The van der Waals surface area contributed by atoms with Crippen molar-refractivity contribution in [1.29, 1.82) is 0 Å². The molecule has 0 bridgehead atoms. The molecule has 0 radical (unpaired) electrons. The number of rotatable bonds is 3. The van der Waals surface area contributed by atoms with Gasteiger partial charge >= 0.3 is 0 Å². The molecule has 0 fully saturated rings. The molecule has 1 aromatic carbocycles. The Hall–Kier alpha value is -1.92. The minimum atomic E-state index is -0.115. The molecule has 3 aromatic rings. The van der Waals surface area contributed by atoms with Crippen molar-refractivity contribution in [1.82, 2.24) is 4.98 Å². The van der Waals surface area contributed by atoms with Gasteiger partial charge in [-0.3, -0.25) is 4.79 Å². The van der Waals surface area contributed by atoms with E-state index in [0.29, 0.717) is 10.8 Å². The van der Waals surface area contributed by atoms with Crippen molar-refractivity contribution in [2.24, 2.45) is 0 Å². The van der Waals surface area contributed by atoms with Crippen LogP contribution in [0.5, 0.6) is 0 Å². The van der Waals surface area contributed by atoms with Crippen molar-refractivity contribution < 1.29 is 9.21 Å². The van der Waals surface area contributed by atoms with Gasteiger partial charge in [0.05, 0.1) is 8.66 Å². The molecule has 0 spiro atoms. The van der Waals surface area contributed by atoms with Crippen LogP contribution in [-0.2, 0) is 0 Å². The minimum Gasteiger partial charge on any atom is -0.449 e. The quantitative estimate of drug-likeness (QED) is 0.732. The summed E-state index contributed by atoms with van der Waals surface area (Å²) < 4.78 is 6.12. The molecule has 2 aromatic heterocycles. The summed E-state index contributed by atoms with van der Waals surface area (Å²) in [5.41, 5.74) is 2.48. The Morgan fingerprint density at radius 1 is 1.24 bits per heavy atom. The fraction of sp³-hybridized carbons (Fsp3) is 0.0667. The Morgan fingerprint density at radius 2 is 2.00 bits per heavy atom. The summed E-state index contributed by atoms with van der Waals surface area (Å²) in [6.07, 6.45) is 1.62. The average Bonchev–Trinajstić information content (AvgIpc) is 3.08. The smallest absolute Gasteiger partial charge is 0.265 e. The number of benzene rings is 1. The summed E-state index contributed by atoms with van der Waals surface area (Å²) in [6, 6.07) is 11.1. The van der Waals surface area contributed by atoms with Crippen LogP contribution in [0, 0.1) is 6.92 Å². The second kappa shape index (κ2) is 5.83. The molecule has 1 amide bonds. The van der Waals surface area contributed by atoms with Crippen molar-refractivity contribution in [3.63, 3.8) is 0 Å². The number of carbonyl (C=O) groups is 1. The van der Waals surface area contributed by atoms with Gasteiger partial charge in [0.25, 0.3) is 5.91 Å². The molecule has 2 heterocycles. The fourth-order valence-electron chi connectivity index (χ4n) is 1.85. The van der Waals surface area contributed by atoms with Crippen LogP contribution < -0.4 is 5.32 Å². The molecule has 1 N–H and O–H groups in total. The third-order valence-electron chi connectivity index (χ3n) is 2.85. The van der Waals surface area contributed by atoms with Crippen molar-refractivity contribution in [2.75, 3.05) is 5.32 Å². The summed E-state index contributed by atoms with van der Waals surface area (Å²) in [7, 11) is 0. The Kier molecular flexibility index (Phi) is 3.90. The van der Waals surface area contributed by atoms with Crippen LogP contribution in [0.15, 0.2) is 50.9 Å². The van der Waals surface area contributed by atoms with Crippen LogP contribution in [0.2, 0.25) is 0 Å². The van der Waals surface area contributed by atoms with Gasteiger partial charge in [0.2, 0.25) is 0 Å². The van der Waals surface area contributed by atoms with Crippen LogP contribution >= 0.6 is 27.3 Å². The number of aromatic nitrogens is 1. The van der Waals surface area contributed by atoms with Crippen LogP contribution in [0.1, 0.15) is 15.6 Å². The van der Waals surface area contributed by atoms with E-state index in [2.05, 4.69) is 26.2 Å². The van der Waals surface area contributed by atoms with Gasteiger partial charge in [-0.05, 0) is 40.2 Å². The van der Waals surface area contributed by atoms with Crippen LogP contribution in [0.4, 0.5) is 5.69 Å². The first-order valence-electron chi connectivity index (χ1n) is 6.21. The maximum Gasteiger partial charge on any atom is 0.265 e. The van der Waals surface area contributed by atoms with Crippen molar-refractivity contribution >= 4 is 38.9 Å². The number of thiophene rings is 1. The number of amides is 1. The summed E-state index contributed by atoms with van der Waals surface area (Å²) in [5, 5.41) is 2.86. The van der Waals surface area contributed by atoms with Crippen LogP contribution in [0.3, 0.4) is 0 Å². The van der Waals surface area contributed by atoms with Gasteiger partial charge in [0, 0.05) is 18.2 Å². The number of halogens is 1. The monoisotopic (exact) mass is 362 g/mol. The van der Waals surface area contributed by atoms with Gasteiger partial charge in [-0.25, -0.2) is 4.98 Å². The van der Waals surface area contributed by atoms with Crippen LogP contribution in [-0.4, -0.2) is 10.9 Å². The van der Waals surface area contributed by atoms with Crippen molar-refractivity contribution in [2.45, 2.75) is 6.92 Å². The molecular weight excluding hydrogens is 352 g/mol. The topological polar surface area (TPSA) is 55.1 Å². The van der Waals surface area contributed by atoms with Crippen LogP contribution in [0.25, 0.3) is 11.3 Å². The van der Waals surface area contributed by atoms with Crippen molar-refractivity contribution in [3.05, 3.63) is 57.2 Å². The molecule has 6 heteroatoms. The second-order valence-electron chi connectivity index (χ2n) is 4.39. The zero-order valence-corrected chi connectivity index (χ0v) is 13.5. The highest BCUT2D eigenvalue weighted by atomic mass is 79.9. The van der Waals surface area contributed by atoms with Gasteiger partial charge in [0.15, 0.2) is 5.89 Å². The highest BCUT2D eigenvalue weighted by molar-refractivity contribution is 9.11. The Bertz CT molecular complexity index is 777. The number of hydrogen-bond acceptors (Lipinski definition) is 4. The Labute approximate surface area is 134 Å². The van der Waals surface area contributed by atoms with E-state index in [1.807, 2.05) is 30.3 Å². The minimum absolute atomic E-state index is 0.115. The molecule has 0 aliphatic heterocycles. The number of carbonyl (C=O) groups excluding carboxylic acids is 1. The third-order valence-corrected chi connectivity index (χ3v) is 4.48. The van der Waals surface area contributed by atoms with E-state index in [9.17, 15) is 4.79 Å².